The SMILES string of the molecule is COC1C(C)CC(c2ccncc2NC(=O)c2ccc(F)c(-c3c(F)cc(C4(O)CCOCC4)cc3F)n2)CC1N. The quantitative estimate of drug-likeness (QED) is 0.394. The van der Waals surface area contributed by atoms with Crippen molar-refractivity contribution in [2.75, 3.05) is 25.6 Å². The molecule has 1 aliphatic heterocycles. The van der Waals surface area contributed by atoms with E-state index in [4.69, 9.17) is 15.2 Å². The molecule has 4 unspecified atom stereocenters. The molecule has 5 rings (SSSR count). The number of nitrogens with zero attached hydrogens (tertiary/aromatic N) is 2. The summed E-state index contributed by atoms with van der Waals surface area (Å²) in [4.78, 5) is 21.4. The van der Waals surface area contributed by atoms with Crippen molar-refractivity contribution in [3.05, 3.63) is 77.0 Å². The van der Waals surface area contributed by atoms with Crippen LogP contribution in [-0.2, 0) is 15.1 Å². The molecule has 8 nitrogen and oxygen atoms in total. The van der Waals surface area contributed by atoms with Gasteiger partial charge in [0, 0.05) is 45.4 Å². The number of ether oxygens (including phenoxy) is 2. The summed E-state index contributed by atoms with van der Waals surface area (Å²) in [6, 6.07) is 5.66. The van der Waals surface area contributed by atoms with E-state index in [1.807, 2.05) is 6.07 Å². The third kappa shape index (κ3) is 5.85. The smallest absolute Gasteiger partial charge is 0.274 e. The molecule has 0 radical (unpaired) electrons. The number of nitrogens with two attached hydrogens (primary N) is 1. The number of aromatic nitrogens is 2. The van der Waals surface area contributed by atoms with E-state index >= 15 is 8.78 Å². The van der Waals surface area contributed by atoms with Crippen LogP contribution in [0.25, 0.3) is 11.3 Å². The number of hydrogen-bond acceptors (Lipinski definition) is 7. The summed E-state index contributed by atoms with van der Waals surface area (Å²) in [6.07, 6.45) is 4.84. The van der Waals surface area contributed by atoms with Gasteiger partial charge in [0.15, 0.2) is 0 Å². The third-order valence-corrected chi connectivity index (χ3v) is 8.23. The fourth-order valence-corrected chi connectivity index (χ4v) is 6.09. The maximum atomic E-state index is 15.2. The Hall–Kier alpha value is -3.38. The van der Waals surface area contributed by atoms with Gasteiger partial charge >= 0.3 is 0 Å². The molecule has 3 heterocycles. The van der Waals surface area contributed by atoms with E-state index in [0.717, 1.165) is 36.2 Å². The van der Waals surface area contributed by atoms with E-state index in [-0.39, 0.29) is 61.3 Å². The van der Waals surface area contributed by atoms with Crippen LogP contribution in [0, 0.1) is 23.4 Å². The second kappa shape index (κ2) is 11.8. The predicted molar refractivity (Wildman–Crippen MR) is 146 cm³/mol. The molecule has 2 fully saturated rings. The van der Waals surface area contributed by atoms with Crippen molar-refractivity contribution in [1.29, 1.82) is 0 Å². The summed E-state index contributed by atoms with van der Waals surface area (Å²) in [5, 5.41) is 13.6. The van der Waals surface area contributed by atoms with E-state index in [9.17, 15) is 14.3 Å². The van der Waals surface area contributed by atoms with Crippen molar-refractivity contribution in [2.24, 2.45) is 11.7 Å². The molecule has 0 spiro atoms. The highest BCUT2D eigenvalue weighted by molar-refractivity contribution is 6.03. The van der Waals surface area contributed by atoms with Crippen molar-refractivity contribution in [3.63, 3.8) is 0 Å². The summed E-state index contributed by atoms with van der Waals surface area (Å²) in [5.41, 5.74) is 4.60. The van der Waals surface area contributed by atoms with E-state index in [1.54, 1.807) is 13.3 Å². The van der Waals surface area contributed by atoms with Gasteiger partial charge in [0.2, 0.25) is 0 Å². The summed E-state index contributed by atoms with van der Waals surface area (Å²) >= 11 is 0. The highest BCUT2D eigenvalue weighted by Gasteiger charge is 2.36. The molecule has 2 aromatic heterocycles. The van der Waals surface area contributed by atoms with Gasteiger partial charge in [-0.25, -0.2) is 18.2 Å². The summed E-state index contributed by atoms with van der Waals surface area (Å²) in [5.74, 6) is -3.68. The molecule has 3 aromatic rings. The number of hydrogen-bond donors (Lipinski definition) is 3. The number of rotatable bonds is 6. The average Bonchev–Trinajstić information content (AvgIpc) is 2.94. The average molecular weight is 571 g/mol. The van der Waals surface area contributed by atoms with Crippen LogP contribution >= 0.6 is 0 Å². The molecule has 1 saturated carbocycles. The number of anilines is 1. The zero-order valence-electron chi connectivity index (χ0n) is 22.9. The fourth-order valence-electron chi connectivity index (χ4n) is 6.09. The van der Waals surface area contributed by atoms with Crippen LogP contribution in [0.15, 0.2) is 42.7 Å². The Morgan fingerprint density at radius 3 is 2.49 bits per heavy atom. The van der Waals surface area contributed by atoms with Gasteiger partial charge < -0.3 is 25.6 Å². The van der Waals surface area contributed by atoms with Crippen LogP contribution in [0.2, 0.25) is 0 Å². The second-order valence-electron chi connectivity index (χ2n) is 10.9. The van der Waals surface area contributed by atoms with E-state index < -0.39 is 40.2 Å². The summed E-state index contributed by atoms with van der Waals surface area (Å²) in [6.45, 7) is 2.56. The lowest BCUT2D eigenvalue weighted by atomic mass is 9.74. The van der Waals surface area contributed by atoms with Crippen LogP contribution in [-0.4, -0.2) is 53.5 Å². The zero-order chi connectivity index (χ0) is 29.3. The largest absolute Gasteiger partial charge is 0.385 e. The Kier molecular flexibility index (Phi) is 8.42. The molecule has 218 valence electrons. The molecule has 0 bridgehead atoms. The minimum Gasteiger partial charge on any atom is -0.385 e. The van der Waals surface area contributed by atoms with Crippen molar-refractivity contribution in [3.8, 4) is 11.3 Å². The van der Waals surface area contributed by atoms with Crippen LogP contribution in [0.5, 0.6) is 0 Å². The number of carbonyl (C=O) groups excluding carboxylic acids is 1. The van der Waals surface area contributed by atoms with Crippen molar-refractivity contribution >= 4 is 11.6 Å². The molecule has 2 aliphatic rings. The lowest BCUT2D eigenvalue weighted by Crippen LogP contribution is -2.45. The third-order valence-electron chi connectivity index (χ3n) is 8.23. The normalized spacial score (nSPS) is 24.2. The van der Waals surface area contributed by atoms with Gasteiger partial charge in [0.05, 0.1) is 29.2 Å². The standard InChI is InChI=1S/C30H33F3N4O4/c1-16-11-17(12-23(34)28(16)40-2)19-5-8-35-15-25(19)37-29(38)24-4-3-20(31)27(36-24)26-21(32)13-18(14-22(26)33)30(39)6-9-41-10-7-30/h3-5,8,13-17,23,28,39H,6-7,9-12,34H2,1-2H3,(H,37,38). The monoisotopic (exact) mass is 570 g/mol. The lowest BCUT2D eigenvalue weighted by Gasteiger charge is -2.38. The maximum Gasteiger partial charge on any atom is 0.274 e. The molecule has 4 N–H and O–H groups in total. The topological polar surface area (TPSA) is 120 Å². The Balaban J connectivity index is 1.41. The Morgan fingerprint density at radius 2 is 1.83 bits per heavy atom. The lowest BCUT2D eigenvalue weighted by molar-refractivity contribution is -0.0682. The first-order valence-corrected chi connectivity index (χ1v) is 13.6. The Labute approximate surface area is 236 Å². The Bertz CT molecular complexity index is 1400. The second-order valence-corrected chi connectivity index (χ2v) is 10.9. The first-order chi connectivity index (χ1) is 19.6. The van der Waals surface area contributed by atoms with Gasteiger partial charge in [-0.15, -0.1) is 0 Å². The van der Waals surface area contributed by atoms with Crippen LogP contribution < -0.4 is 11.1 Å². The first-order valence-electron chi connectivity index (χ1n) is 13.6. The molecule has 1 aliphatic carbocycles. The van der Waals surface area contributed by atoms with E-state index in [0.29, 0.717) is 12.1 Å². The molecule has 11 heteroatoms. The van der Waals surface area contributed by atoms with Crippen LogP contribution in [0.4, 0.5) is 18.9 Å². The minimum absolute atomic E-state index is 0.0338. The number of halogens is 3. The van der Waals surface area contributed by atoms with Crippen molar-refractivity contribution < 1.29 is 32.5 Å². The number of aliphatic hydroxyl groups is 1. The zero-order valence-corrected chi connectivity index (χ0v) is 22.9. The Morgan fingerprint density at radius 1 is 1.12 bits per heavy atom. The van der Waals surface area contributed by atoms with Crippen molar-refractivity contribution in [2.45, 2.75) is 56.3 Å². The molecule has 41 heavy (non-hydrogen) atoms. The van der Waals surface area contributed by atoms with Crippen LogP contribution in [0.3, 0.4) is 0 Å². The highest BCUT2D eigenvalue weighted by Crippen LogP contribution is 2.40. The number of nitrogens with one attached hydrogen (secondary N) is 1. The summed E-state index contributed by atoms with van der Waals surface area (Å²) in [7, 11) is 1.64. The fraction of sp³-hybridized carbons (Fsp3) is 0.433. The predicted octanol–water partition coefficient (Wildman–Crippen LogP) is 4.67. The van der Waals surface area contributed by atoms with E-state index in [2.05, 4.69) is 22.2 Å². The van der Waals surface area contributed by atoms with Crippen LogP contribution in [0.1, 0.15) is 60.1 Å². The van der Waals surface area contributed by atoms with Gasteiger partial charge in [-0.3, -0.25) is 9.78 Å². The number of methoxy groups -OCH3 is 1. The summed E-state index contributed by atoms with van der Waals surface area (Å²) < 4.78 is 56.1. The van der Waals surface area contributed by atoms with Crippen molar-refractivity contribution in [1.82, 2.24) is 9.97 Å². The number of benzene rings is 1. The highest BCUT2D eigenvalue weighted by atomic mass is 19.1. The van der Waals surface area contributed by atoms with Gasteiger partial charge in [0.1, 0.15) is 28.8 Å². The minimum atomic E-state index is -1.46. The van der Waals surface area contributed by atoms with Gasteiger partial charge in [-0.1, -0.05) is 6.92 Å². The maximum absolute atomic E-state index is 15.2. The molecular formula is C30H33F3N4O4. The molecule has 1 aromatic carbocycles. The number of amides is 1. The molecule has 1 saturated heterocycles. The molecular weight excluding hydrogens is 537 g/mol. The number of carbonyl (C=O) groups is 1. The van der Waals surface area contributed by atoms with E-state index in [1.165, 1.54) is 6.20 Å². The van der Waals surface area contributed by atoms with Gasteiger partial charge in [-0.2, -0.15) is 0 Å². The molecule has 1 amide bonds. The van der Waals surface area contributed by atoms with Gasteiger partial charge in [0.25, 0.3) is 5.91 Å². The number of pyridine rings is 2. The van der Waals surface area contributed by atoms with Gasteiger partial charge in [-0.05, 0) is 66.1 Å². The first kappa shape index (κ1) is 29.1. The molecule has 4 atom stereocenters.